The van der Waals surface area contributed by atoms with Crippen LogP contribution < -0.4 is 24.2 Å². The lowest BCUT2D eigenvalue weighted by molar-refractivity contribution is -0.134. The molecule has 2 N–H and O–H groups in total. The van der Waals surface area contributed by atoms with Crippen LogP contribution in [0.4, 0.5) is 5.69 Å². The number of carbonyl (C=O) groups is 2. The molecule has 172 valence electrons. The van der Waals surface area contributed by atoms with Crippen molar-refractivity contribution in [2.24, 2.45) is 0 Å². The van der Waals surface area contributed by atoms with Gasteiger partial charge in [-0.3, -0.25) is 9.52 Å². The van der Waals surface area contributed by atoms with Crippen molar-refractivity contribution in [1.82, 2.24) is 5.32 Å². The number of anilines is 1. The van der Waals surface area contributed by atoms with Crippen molar-refractivity contribution in [3.63, 3.8) is 0 Å². The van der Waals surface area contributed by atoms with Gasteiger partial charge in [0, 0.05) is 13.1 Å². The van der Waals surface area contributed by atoms with E-state index in [0.29, 0.717) is 11.3 Å². The molecule has 2 aromatic carbocycles. The summed E-state index contributed by atoms with van der Waals surface area (Å²) >= 11 is 0. The summed E-state index contributed by atoms with van der Waals surface area (Å²) in [4.78, 5) is 23.4. The van der Waals surface area contributed by atoms with E-state index in [0.717, 1.165) is 6.08 Å². The molecule has 0 saturated heterocycles. The second kappa shape index (κ2) is 10.5. The molecule has 0 unspecified atom stereocenters. The van der Waals surface area contributed by atoms with E-state index in [4.69, 9.17) is 14.2 Å². The van der Waals surface area contributed by atoms with Gasteiger partial charge in [0.2, 0.25) is 0 Å². The van der Waals surface area contributed by atoms with Gasteiger partial charge >= 0.3 is 5.97 Å². The highest BCUT2D eigenvalue weighted by Gasteiger charge is 2.26. The largest absolute Gasteiger partial charge is 0.497 e. The van der Waals surface area contributed by atoms with Crippen LogP contribution in [-0.4, -0.2) is 55.8 Å². The van der Waals surface area contributed by atoms with E-state index < -0.39 is 21.9 Å². The zero-order valence-electron chi connectivity index (χ0n) is 18.2. The molecule has 11 heteroatoms. The van der Waals surface area contributed by atoms with Crippen molar-refractivity contribution in [1.29, 1.82) is 0 Å². The van der Waals surface area contributed by atoms with E-state index in [1.165, 1.54) is 71.9 Å². The molecule has 2 aromatic rings. The number of amides is 1. The molecule has 0 atom stereocenters. The van der Waals surface area contributed by atoms with E-state index in [-0.39, 0.29) is 27.6 Å². The second-order valence-corrected chi connectivity index (χ2v) is 7.86. The van der Waals surface area contributed by atoms with Crippen molar-refractivity contribution < 1.29 is 37.0 Å². The Bertz CT molecular complexity index is 1140. The lowest BCUT2D eigenvalue weighted by Gasteiger charge is -2.17. The highest BCUT2D eigenvalue weighted by molar-refractivity contribution is 7.92. The van der Waals surface area contributed by atoms with Crippen LogP contribution in [0.1, 0.15) is 15.9 Å². The number of esters is 1. The van der Waals surface area contributed by atoms with Crippen LogP contribution in [0.3, 0.4) is 0 Å². The third-order valence-corrected chi connectivity index (χ3v) is 5.68. The van der Waals surface area contributed by atoms with Gasteiger partial charge in [-0.2, -0.15) is 0 Å². The molecule has 0 fully saturated rings. The number of hydrogen-bond acceptors (Lipinski definition) is 8. The molecule has 0 radical (unpaired) electrons. The summed E-state index contributed by atoms with van der Waals surface area (Å²) in [7, 11) is 2.45. The number of nitrogens with one attached hydrogen (secondary N) is 2. The van der Waals surface area contributed by atoms with Crippen molar-refractivity contribution >= 4 is 33.7 Å². The first-order valence-corrected chi connectivity index (χ1v) is 10.6. The molecule has 2 rings (SSSR count). The van der Waals surface area contributed by atoms with Crippen LogP contribution >= 0.6 is 0 Å². The highest BCUT2D eigenvalue weighted by atomic mass is 32.2. The fourth-order valence-corrected chi connectivity index (χ4v) is 4.04. The predicted octanol–water partition coefficient (Wildman–Crippen LogP) is 2.06. The average Bonchev–Trinajstić information content (AvgIpc) is 2.81. The van der Waals surface area contributed by atoms with Gasteiger partial charge in [-0.15, -0.1) is 0 Å². The fraction of sp³-hybridized carbons (Fsp3) is 0.238. The molecule has 1 amide bonds. The Kier molecular flexibility index (Phi) is 8.08. The van der Waals surface area contributed by atoms with Crippen LogP contribution in [-0.2, 0) is 19.6 Å². The summed E-state index contributed by atoms with van der Waals surface area (Å²) in [5, 5.41) is 2.45. The number of carbonyl (C=O) groups excluding carboxylic acids is 2. The smallest absolute Gasteiger partial charge is 0.330 e. The standard InChI is InChI=1S/C21H24N2O8S/c1-22-21(25)15-12-14(28-2)7-8-16(15)23-32(26,27)18-11-13(6-9-19(24)30-4)10-17(29-3)20(18)31-5/h6-12,23H,1-5H3,(H,22,25)/b9-6+. The maximum absolute atomic E-state index is 13.3. The maximum Gasteiger partial charge on any atom is 0.330 e. The van der Waals surface area contributed by atoms with E-state index in [2.05, 4.69) is 14.8 Å². The molecule has 0 aliphatic heterocycles. The van der Waals surface area contributed by atoms with E-state index in [9.17, 15) is 18.0 Å². The van der Waals surface area contributed by atoms with Crippen molar-refractivity contribution in [3.8, 4) is 17.2 Å². The minimum atomic E-state index is -4.26. The summed E-state index contributed by atoms with van der Waals surface area (Å²) in [5.74, 6) is -0.677. The SMILES string of the molecule is CNC(=O)c1cc(OC)ccc1NS(=O)(=O)c1cc(/C=C/C(=O)OC)cc(OC)c1OC. The zero-order chi connectivity index (χ0) is 23.9. The summed E-state index contributed by atoms with van der Waals surface area (Å²) < 4.78 is 49.2. The summed E-state index contributed by atoms with van der Waals surface area (Å²) in [6, 6.07) is 7.13. The number of ether oxygens (including phenoxy) is 4. The first-order chi connectivity index (χ1) is 15.2. The van der Waals surface area contributed by atoms with E-state index >= 15 is 0 Å². The van der Waals surface area contributed by atoms with Gasteiger partial charge in [-0.05, 0) is 42.0 Å². The fourth-order valence-electron chi connectivity index (χ4n) is 2.74. The van der Waals surface area contributed by atoms with Gasteiger partial charge in [-0.25, -0.2) is 13.2 Å². The van der Waals surface area contributed by atoms with E-state index in [1.807, 2.05) is 0 Å². The van der Waals surface area contributed by atoms with Crippen molar-refractivity contribution in [3.05, 3.63) is 47.5 Å². The molecular weight excluding hydrogens is 440 g/mol. The van der Waals surface area contributed by atoms with Crippen molar-refractivity contribution in [2.75, 3.05) is 40.2 Å². The Morgan fingerprint density at radius 1 is 0.969 bits per heavy atom. The minimum absolute atomic E-state index is 0.0293. The summed E-state index contributed by atoms with van der Waals surface area (Å²) in [6.07, 6.45) is 2.51. The first-order valence-electron chi connectivity index (χ1n) is 9.15. The lowest BCUT2D eigenvalue weighted by atomic mass is 10.1. The molecule has 0 aliphatic carbocycles. The topological polar surface area (TPSA) is 129 Å². The number of methoxy groups -OCH3 is 4. The Hall–Kier alpha value is -3.73. The number of rotatable bonds is 9. The van der Waals surface area contributed by atoms with Crippen LogP contribution in [0.25, 0.3) is 6.08 Å². The first kappa shape index (κ1) is 24.5. The van der Waals surface area contributed by atoms with Gasteiger partial charge in [-0.1, -0.05) is 0 Å². The van der Waals surface area contributed by atoms with Gasteiger partial charge in [0.15, 0.2) is 11.5 Å². The Morgan fingerprint density at radius 2 is 1.69 bits per heavy atom. The van der Waals surface area contributed by atoms with Gasteiger partial charge in [0.05, 0.1) is 39.7 Å². The summed E-state index contributed by atoms with van der Waals surface area (Å²) in [6.45, 7) is 0. The second-order valence-electron chi connectivity index (χ2n) is 6.21. The van der Waals surface area contributed by atoms with Crippen LogP contribution in [0.5, 0.6) is 17.2 Å². The molecule has 0 spiro atoms. The van der Waals surface area contributed by atoms with Gasteiger partial charge < -0.3 is 24.3 Å². The minimum Gasteiger partial charge on any atom is -0.497 e. The van der Waals surface area contributed by atoms with Crippen LogP contribution in [0.15, 0.2) is 41.3 Å². The lowest BCUT2D eigenvalue weighted by Crippen LogP contribution is -2.22. The number of benzene rings is 2. The van der Waals surface area contributed by atoms with Gasteiger partial charge in [0.25, 0.3) is 15.9 Å². The normalized spacial score (nSPS) is 11.0. The molecule has 0 aliphatic rings. The van der Waals surface area contributed by atoms with Crippen molar-refractivity contribution in [2.45, 2.75) is 4.90 Å². The van der Waals surface area contributed by atoms with Crippen LogP contribution in [0.2, 0.25) is 0 Å². The molecule has 0 bridgehead atoms. The number of hydrogen-bond donors (Lipinski definition) is 2. The monoisotopic (exact) mass is 464 g/mol. The number of sulfonamides is 1. The molecule has 0 aromatic heterocycles. The molecule has 0 heterocycles. The van der Waals surface area contributed by atoms with Gasteiger partial charge in [0.1, 0.15) is 10.6 Å². The highest BCUT2D eigenvalue weighted by Crippen LogP contribution is 2.37. The third kappa shape index (κ3) is 5.49. The third-order valence-electron chi connectivity index (χ3n) is 4.31. The van der Waals surface area contributed by atoms with Crippen LogP contribution in [0, 0.1) is 0 Å². The Morgan fingerprint density at radius 3 is 2.25 bits per heavy atom. The molecule has 32 heavy (non-hydrogen) atoms. The average molecular weight is 464 g/mol. The Labute approximate surface area is 186 Å². The van der Waals surface area contributed by atoms with E-state index in [1.54, 1.807) is 0 Å². The molecular formula is C21H24N2O8S. The summed E-state index contributed by atoms with van der Waals surface area (Å²) in [5.41, 5.74) is 0.430. The maximum atomic E-state index is 13.3. The molecule has 0 saturated carbocycles. The predicted molar refractivity (Wildman–Crippen MR) is 118 cm³/mol. The Balaban J connectivity index is 2.62. The molecule has 10 nitrogen and oxygen atoms in total. The quantitative estimate of drug-likeness (QED) is 0.426. The zero-order valence-corrected chi connectivity index (χ0v) is 19.0.